The van der Waals surface area contributed by atoms with Crippen LogP contribution >= 0.6 is 0 Å². The maximum absolute atomic E-state index is 6.14. The van der Waals surface area contributed by atoms with E-state index < -0.39 is 0 Å². The second-order valence-corrected chi connectivity index (χ2v) is 4.70. The number of hydrogen-bond acceptors (Lipinski definition) is 4. The molecule has 5 N–H and O–H groups in total. The van der Waals surface area contributed by atoms with E-state index in [1.807, 2.05) is 39.8 Å². The largest absolute Gasteiger partial charge is 0.400 e. The number of aliphatic imine (C=N–C) groups is 1. The molecule has 0 fully saturated rings. The van der Waals surface area contributed by atoms with E-state index in [9.17, 15) is 0 Å². The van der Waals surface area contributed by atoms with E-state index in [1.165, 1.54) is 0 Å². The highest BCUT2D eigenvalue weighted by molar-refractivity contribution is 6.17. The Hall–Kier alpha value is -1.81. The van der Waals surface area contributed by atoms with Crippen molar-refractivity contribution < 1.29 is 0 Å². The van der Waals surface area contributed by atoms with Gasteiger partial charge in [0.05, 0.1) is 23.1 Å². The van der Waals surface area contributed by atoms with Crippen LogP contribution in [0.4, 0.5) is 0 Å². The molecule has 18 heavy (non-hydrogen) atoms. The van der Waals surface area contributed by atoms with Crippen LogP contribution in [0.3, 0.4) is 0 Å². The number of hydrogen-bond donors (Lipinski definition) is 3. The van der Waals surface area contributed by atoms with Crippen molar-refractivity contribution in [3.05, 3.63) is 46.1 Å². The molecule has 4 heteroatoms. The van der Waals surface area contributed by atoms with E-state index in [-0.39, 0.29) is 6.04 Å². The third-order valence-electron chi connectivity index (χ3n) is 3.47. The lowest BCUT2D eigenvalue weighted by atomic mass is 9.87. The molecule has 1 heterocycles. The summed E-state index contributed by atoms with van der Waals surface area (Å²) in [5.41, 5.74) is 18.8. The van der Waals surface area contributed by atoms with Crippen molar-refractivity contribution in [2.24, 2.45) is 16.5 Å². The maximum Gasteiger partial charge on any atom is 0.0958 e. The zero-order chi connectivity index (χ0) is 13.4. The molecule has 0 saturated carbocycles. The molecule has 0 bridgehead atoms. The van der Waals surface area contributed by atoms with Crippen molar-refractivity contribution in [1.82, 2.24) is 5.32 Å². The van der Waals surface area contributed by atoms with E-state index in [4.69, 9.17) is 11.5 Å². The van der Waals surface area contributed by atoms with Gasteiger partial charge in [-0.05, 0) is 33.3 Å². The van der Waals surface area contributed by atoms with Crippen molar-refractivity contribution in [3.8, 4) is 0 Å². The van der Waals surface area contributed by atoms with Crippen LogP contribution < -0.4 is 16.8 Å². The third-order valence-corrected chi connectivity index (χ3v) is 3.47. The highest BCUT2D eigenvalue weighted by Crippen LogP contribution is 2.29. The van der Waals surface area contributed by atoms with Gasteiger partial charge in [0, 0.05) is 17.0 Å². The zero-order valence-electron chi connectivity index (χ0n) is 11.3. The number of rotatable bonds is 1. The van der Waals surface area contributed by atoms with Crippen LogP contribution in [-0.4, -0.2) is 11.8 Å². The lowest BCUT2D eigenvalue weighted by molar-refractivity contribution is 0.811. The van der Waals surface area contributed by atoms with E-state index in [0.717, 1.165) is 33.9 Å². The average Bonchev–Trinajstić information content (AvgIpc) is 2.35. The minimum absolute atomic E-state index is 0.246. The molecule has 0 spiro atoms. The highest BCUT2D eigenvalue weighted by atomic mass is 15.0. The van der Waals surface area contributed by atoms with Crippen molar-refractivity contribution in [1.29, 1.82) is 0 Å². The Morgan fingerprint density at radius 1 is 1.28 bits per heavy atom. The molecule has 4 nitrogen and oxygen atoms in total. The summed E-state index contributed by atoms with van der Waals surface area (Å²) in [7, 11) is 0. The summed E-state index contributed by atoms with van der Waals surface area (Å²) >= 11 is 0. The Morgan fingerprint density at radius 2 is 1.94 bits per heavy atom. The molecule has 0 aromatic rings. The predicted octanol–water partition coefficient (Wildman–Crippen LogP) is 1.69. The summed E-state index contributed by atoms with van der Waals surface area (Å²) in [6.45, 7) is 7.95. The van der Waals surface area contributed by atoms with Gasteiger partial charge in [0.1, 0.15) is 0 Å². The van der Waals surface area contributed by atoms with Gasteiger partial charge in [0.15, 0.2) is 0 Å². The van der Waals surface area contributed by atoms with Crippen LogP contribution in [0.25, 0.3) is 0 Å². The molecular weight excluding hydrogens is 224 g/mol. The summed E-state index contributed by atoms with van der Waals surface area (Å²) in [4.78, 5) is 4.65. The predicted molar refractivity (Wildman–Crippen MR) is 75.6 cm³/mol. The van der Waals surface area contributed by atoms with Gasteiger partial charge in [-0.1, -0.05) is 12.2 Å². The molecule has 2 aliphatic rings. The fourth-order valence-electron chi connectivity index (χ4n) is 2.16. The number of fused-ring (bicyclic) bond motifs is 1. The molecule has 1 aliphatic heterocycles. The van der Waals surface area contributed by atoms with E-state index in [0.29, 0.717) is 5.70 Å². The quantitative estimate of drug-likeness (QED) is 0.657. The van der Waals surface area contributed by atoms with Crippen molar-refractivity contribution >= 4 is 5.71 Å². The van der Waals surface area contributed by atoms with Crippen LogP contribution in [0.1, 0.15) is 27.7 Å². The van der Waals surface area contributed by atoms with Crippen molar-refractivity contribution in [2.45, 2.75) is 33.7 Å². The minimum Gasteiger partial charge on any atom is -0.400 e. The van der Waals surface area contributed by atoms with Gasteiger partial charge in [-0.3, -0.25) is 0 Å². The van der Waals surface area contributed by atoms with Gasteiger partial charge < -0.3 is 16.8 Å². The molecule has 0 aromatic heterocycles. The van der Waals surface area contributed by atoms with E-state index >= 15 is 0 Å². The Kier molecular flexibility index (Phi) is 3.13. The first-order chi connectivity index (χ1) is 8.47. The van der Waals surface area contributed by atoms with Gasteiger partial charge >= 0.3 is 0 Å². The molecule has 0 aromatic carbocycles. The molecule has 1 atom stereocenters. The summed E-state index contributed by atoms with van der Waals surface area (Å²) in [5.74, 6) is 0. The Bertz CT molecular complexity index is 544. The summed E-state index contributed by atoms with van der Waals surface area (Å²) < 4.78 is 0. The van der Waals surface area contributed by atoms with Crippen LogP contribution in [0.5, 0.6) is 0 Å². The molecule has 0 amide bonds. The fourth-order valence-corrected chi connectivity index (χ4v) is 2.16. The average molecular weight is 244 g/mol. The smallest absolute Gasteiger partial charge is 0.0958 e. The van der Waals surface area contributed by atoms with Crippen molar-refractivity contribution in [3.63, 3.8) is 0 Å². The van der Waals surface area contributed by atoms with Crippen LogP contribution in [0.2, 0.25) is 0 Å². The number of nitrogens with two attached hydrogens (primary N) is 2. The van der Waals surface area contributed by atoms with Gasteiger partial charge in [-0.15, -0.1) is 0 Å². The first-order valence-electron chi connectivity index (χ1n) is 6.10. The summed E-state index contributed by atoms with van der Waals surface area (Å²) in [6.07, 6.45) is 3.92. The number of allylic oxidation sites excluding steroid dienone is 5. The zero-order valence-corrected chi connectivity index (χ0v) is 11.3. The Labute approximate surface area is 108 Å². The third kappa shape index (κ3) is 1.78. The Morgan fingerprint density at radius 3 is 2.56 bits per heavy atom. The topological polar surface area (TPSA) is 76.4 Å². The SMILES string of the molecule is C/C=C/C1=C(N)C(N)C(C)=C2NC(C)=C(C)N=C12. The van der Waals surface area contributed by atoms with Crippen LogP contribution in [-0.2, 0) is 0 Å². The molecular formula is C14H20N4. The molecule has 0 saturated heterocycles. The Balaban J connectivity index is 2.66. The molecule has 1 aliphatic carbocycles. The van der Waals surface area contributed by atoms with E-state index in [1.54, 1.807) is 0 Å². The van der Waals surface area contributed by atoms with Gasteiger partial charge in [-0.2, -0.15) is 0 Å². The highest BCUT2D eigenvalue weighted by Gasteiger charge is 2.29. The van der Waals surface area contributed by atoms with Gasteiger partial charge in [0.2, 0.25) is 0 Å². The molecule has 96 valence electrons. The first-order valence-corrected chi connectivity index (χ1v) is 6.10. The lowest BCUT2D eigenvalue weighted by Gasteiger charge is -2.31. The molecule has 1 unspecified atom stereocenters. The lowest BCUT2D eigenvalue weighted by Crippen LogP contribution is -2.40. The van der Waals surface area contributed by atoms with Crippen LogP contribution in [0.15, 0.2) is 51.1 Å². The maximum atomic E-state index is 6.14. The summed E-state index contributed by atoms with van der Waals surface area (Å²) in [6, 6.07) is -0.246. The molecule has 2 rings (SSSR count). The second-order valence-electron chi connectivity index (χ2n) is 4.70. The normalized spacial score (nSPS) is 24.5. The minimum atomic E-state index is -0.246. The van der Waals surface area contributed by atoms with Gasteiger partial charge in [0.25, 0.3) is 0 Å². The standard InChI is InChI=1S/C14H20N4/c1-5-6-10-12(16)11(15)7(2)13-14(10)18-9(4)8(3)17-13/h5-6,11,17H,15-16H2,1-4H3/b6-5+. The van der Waals surface area contributed by atoms with Gasteiger partial charge in [-0.25, -0.2) is 4.99 Å². The number of nitrogens with one attached hydrogen (secondary N) is 1. The summed E-state index contributed by atoms with van der Waals surface area (Å²) in [5, 5.41) is 3.38. The number of nitrogens with zero attached hydrogens (tertiary/aromatic N) is 1. The second kappa shape index (κ2) is 4.46. The monoisotopic (exact) mass is 244 g/mol. The van der Waals surface area contributed by atoms with Crippen LogP contribution in [0, 0.1) is 0 Å². The fraction of sp³-hybridized carbons (Fsp3) is 0.357. The first kappa shape index (κ1) is 12.6. The molecule has 0 radical (unpaired) electrons. The van der Waals surface area contributed by atoms with E-state index in [2.05, 4.69) is 10.3 Å². The van der Waals surface area contributed by atoms with Crippen molar-refractivity contribution in [2.75, 3.05) is 0 Å².